The minimum Gasteiger partial charge on any atom is -0.355 e. The van der Waals surface area contributed by atoms with E-state index in [4.69, 9.17) is 4.52 Å². The maximum Gasteiger partial charge on any atom is 0.244 e. The van der Waals surface area contributed by atoms with Gasteiger partial charge >= 0.3 is 0 Å². The lowest BCUT2D eigenvalue weighted by atomic mass is 10.2. The van der Waals surface area contributed by atoms with Crippen molar-refractivity contribution in [1.82, 2.24) is 9.46 Å². The zero-order valence-corrected chi connectivity index (χ0v) is 13.5. The summed E-state index contributed by atoms with van der Waals surface area (Å²) in [6, 6.07) is 3.45. The largest absolute Gasteiger partial charge is 0.355 e. The lowest BCUT2D eigenvalue weighted by Gasteiger charge is -2.19. The highest BCUT2D eigenvalue weighted by Crippen LogP contribution is 2.35. The Labute approximate surface area is 128 Å². The van der Waals surface area contributed by atoms with Crippen LogP contribution in [0.25, 0.3) is 10.6 Å². The van der Waals surface area contributed by atoms with Gasteiger partial charge in [0.15, 0.2) is 5.76 Å². The van der Waals surface area contributed by atoms with E-state index in [2.05, 4.69) is 5.16 Å². The SMILES string of the molecule is Cc1sc(-c2ccno2)cc1S(=O)(=O)N1CCCCCC1. The highest BCUT2D eigenvalue weighted by molar-refractivity contribution is 7.89. The van der Waals surface area contributed by atoms with Gasteiger partial charge in [-0.3, -0.25) is 0 Å². The Morgan fingerprint density at radius 1 is 1.24 bits per heavy atom. The molecule has 0 unspecified atom stereocenters. The monoisotopic (exact) mass is 326 g/mol. The molecule has 3 heterocycles. The molecule has 0 aromatic carbocycles. The Kier molecular flexibility index (Phi) is 4.14. The Bertz CT molecular complexity index is 697. The fourth-order valence-corrected chi connectivity index (χ4v) is 5.64. The van der Waals surface area contributed by atoms with Gasteiger partial charge in [0, 0.05) is 24.0 Å². The molecule has 0 aliphatic carbocycles. The van der Waals surface area contributed by atoms with Crippen molar-refractivity contribution in [2.45, 2.75) is 37.5 Å². The number of hydrogen-bond donors (Lipinski definition) is 0. The highest BCUT2D eigenvalue weighted by Gasteiger charge is 2.28. The van der Waals surface area contributed by atoms with Crippen molar-refractivity contribution in [2.24, 2.45) is 0 Å². The van der Waals surface area contributed by atoms with Crippen LogP contribution in [0.2, 0.25) is 0 Å². The van der Waals surface area contributed by atoms with Gasteiger partial charge in [-0.25, -0.2) is 8.42 Å². The van der Waals surface area contributed by atoms with E-state index >= 15 is 0 Å². The van der Waals surface area contributed by atoms with Crippen LogP contribution in [0.3, 0.4) is 0 Å². The van der Waals surface area contributed by atoms with Crippen LogP contribution in [0.5, 0.6) is 0 Å². The molecule has 114 valence electrons. The quantitative estimate of drug-likeness (QED) is 0.868. The van der Waals surface area contributed by atoms with Gasteiger partial charge in [-0.15, -0.1) is 11.3 Å². The van der Waals surface area contributed by atoms with Crippen molar-refractivity contribution < 1.29 is 12.9 Å². The van der Waals surface area contributed by atoms with Crippen LogP contribution in [-0.2, 0) is 10.0 Å². The van der Waals surface area contributed by atoms with Gasteiger partial charge in [-0.1, -0.05) is 18.0 Å². The fourth-order valence-electron chi connectivity index (χ4n) is 2.61. The smallest absolute Gasteiger partial charge is 0.244 e. The average molecular weight is 326 g/mol. The third-order valence-electron chi connectivity index (χ3n) is 3.74. The summed E-state index contributed by atoms with van der Waals surface area (Å²) >= 11 is 1.43. The first-order valence-electron chi connectivity index (χ1n) is 7.10. The third kappa shape index (κ3) is 2.90. The Balaban J connectivity index is 1.95. The molecule has 21 heavy (non-hydrogen) atoms. The van der Waals surface area contributed by atoms with Crippen molar-refractivity contribution in [3.8, 4) is 10.6 Å². The molecule has 1 saturated heterocycles. The minimum absolute atomic E-state index is 0.404. The van der Waals surface area contributed by atoms with Gasteiger partial charge in [-0.05, 0) is 25.8 Å². The van der Waals surface area contributed by atoms with E-state index in [-0.39, 0.29) is 0 Å². The molecule has 7 heteroatoms. The first-order valence-corrected chi connectivity index (χ1v) is 9.36. The molecule has 0 spiro atoms. The van der Waals surface area contributed by atoms with E-state index in [0.29, 0.717) is 23.7 Å². The molecule has 1 fully saturated rings. The van der Waals surface area contributed by atoms with Crippen LogP contribution < -0.4 is 0 Å². The van der Waals surface area contributed by atoms with Gasteiger partial charge in [0.25, 0.3) is 0 Å². The topological polar surface area (TPSA) is 63.4 Å². The zero-order chi connectivity index (χ0) is 14.9. The summed E-state index contributed by atoms with van der Waals surface area (Å²) in [7, 11) is -3.40. The number of nitrogens with zero attached hydrogens (tertiary/aromatic N) is 2. The van der Waals surface area contributed by atoms with E-state index in [1.165, 1.54) is 11.3 Å². The second-order valence-corrected chi connectivity index (χ2v) is 8.39. The molecular weight excluding hydrogens is 308 g/mol. The summed E-state index contributed by atoms with van der Waals surface area (Å²) in [6.45, 7) is 3.08. The van der Waals surface area contributed by atoms with Crippen LogP contribution in [-0.4, -0.2) is 31.0 Å². The number of aromatic nitrogens is 1. The van der Waals surface area contributed by atoms with Gasteiger partial charge in [-0.2, -0.15) is 4.31 Å². The lowest BCUT2D eigenvalue weighted by Crippen LogP contribution is -2.32. The fraction of sp³-hybridized carbons (Fsp3) is 0.500. The normalized spacial score (nSPS) is 17.8. The second-order valence-electron chi connectivity index (χ2n) is 5.23. The highest BCUT2D eigenvalue weighted by atomic mass is 32.2. The van der Waals surface area contributed by atoms with Gasteiger partial charge in [0.05, 0.1) is 16.0 Å². The summed E-state index contributed by atoms with van der Waals surface area (Å²) in [5, 5.41) is 3.67. The van der Waals surface area contributed by atoms with Crippen molar-refractivity contribution in [3.05, 3.63) is 23.2 Å². The van der Waals surface area contributed by atoms with Crippen LogP contribution in [0, 0.1) is 6.92 Å². The van der Waals surface area contributed by atoms with Crippen molar-refractivity contribution in [2.75, 3.05) is 13.1 Å². The van der Waals surface area contributed by atoms with Crippen LogP contribution in [0.4, 0.5) is 0 Å². The zero-order valence-electron chi connectivity index (χ0n) is 11.9. The molecule has 0 amide bonds. The van der Waals surface area contributed by atoms with Gasteiger partial charge in [0.1, 0.15) is 0 Å². The van der Waals surface area contributed by atoms with E-state index in [1.807, 2.05) is 6.92 Å². The molecule has 2 aromatic heterocycles. The van der Waals surface area contributed by atoms with E-state index in [9.17, 15) is 8.42 Å². The molecule has 0 atom stereocenters. The molecule has 1 aliphatic rings. The Hall–Kier alpha value is -1.18. The molecule has 3 rings (SSSR count). The van der Waals surface area contributed by atoms with Crippen molar-refractivity contribution >= 4 is 21.4 Å². The summed E-state index contributed by atoms with van der Waals surface area (Å²) in [4.78, 5) is 2.00. The van der Waals surface area contributed by atoms with Crippen molar-refractivity contribution in [3.63, 3.8) is 0 Å². The number of hydrogen-bond acceptors (Lipinski definition) is 5. The van der Waals surface area contributed by atoms with E-state index in [1.54, 1.807) is 22.6 Å². The van der Waals surface area contributed by atoms with Gasteiger partial charge < -0.3 is 4.52 Å². The molecule has 5 nitrogen and oxygen atoms in total. The summed E-state index contributed by atoms with van der Waals surface area (Å²) in [5.74, 6) is 0.611. The Morgan fingerprint density at radius 3 is 2.57 bits per heavy atom. The second kappa shape index (κ2) is 5.90. The molecular formula is C14H18N2O3S2. The van der Waals surface area contributed by atoms with Crippen LogP contribution in [0.15, 0.2) is 27.7 Å². The number of thiophene rings is 1. The minimum atomic E-state index is -3.40. The first-order chi connectivity index (χ1) is 10.1. The molecule has 1 aliphatic heterocycles. The van der Waals surface area contributed by atoms with Crippen molar-refractivity contribution in [1.29, 1.82) is 0 Å². The molecule has 0 saturated carbocycles. The summed E-state index contributed by atoms with van der Waals surface area (Å²) < 4.78 is 32.4. The number of sulfonamides is 1. The Morgan fingerprint density at radius 2 is 1.95 bits per heavy atom. The molecule has 0 radical (unpaired) electrons. The molecule has 0 bridgehead atoms. The maximum absolute atomic E-state index is 12.8. The summed E-state index contributed by atoms with van der Waals surface area (Å²) in [6.07, 6.45) is 5.66. The van der Waals surface area contributed by atoms with E-state index in [0.717, 1.165) is 35.4 Å². The average Bonchev–Trinajstić information content (AvgIpc) is 3.01. The van der Waals surface area contributed by atoms with Crippen LogP contribution >= 0.6 is 11.3 Å². The molecule has 0 N–H and O–H groups in total. The number of rotatable bonds is 3. The number of aryl methyl sites for hydroxylation is 1. The van der Waals surface area contributed by atoms with Crippen LogP contribution in [0.1, 0.15) is 30.6 Å². The predicted molar refractivity (Wildman–Crippen MR) is 81.8 cm³/mol. The van der Waals surface area contributed by atoms with Gasteiger partial charge in [0.2, 0.25) is 10.0 Å². The maximum atomic E-state index is 12.8. The molecule has 2 aromatic rings. The first kappa shape index (κ1) is 14.7. The van der Waals surface area contributed by atoms with E-state index < -0.39 is 10.0 Å². The predicted octanol–water partition coefficient (Wildman–Crippen LogP) is 3.28. The lowest BCUT2D eigenvalue weighted by molar-refractivity contribution is 0.423. The standard InChI is InChI=1S/C14H18N2O3S2/c1-11-14(10-13(20-11)12-6-7-15-19-12)21(17,18)16-8-4-2-3-5-9-16/h6-7,10H,2-5,8-9H2,1H3. The third-order valence-corrected chi connectivity index (χ3v) is 6.95. The summed E-state index contributed by atoms with van der Waals surface area (Å²) in [5.41, 5.74) is 0.